The van der Waals surface area contributed by atoms with Crippen LogP contribution in [0.15, 0.2) is 29.2 Å². The molecule has 4 heteroatoms. The highest BCUT2D eigenvalue weighted by atomic mass is 32.2. The molecule has 0 N–H and O–H groups in total. The van der Waals surface area contributed by atoms with Crippen LogP contribution in [0.2, 0.25) is 0 Å². The van der Waals surface area contributed by atoms with Crippen LogP contribution in [0.1, 0.15) is 18.4 Å². The molecule has 5 fully saturated rings. The molecule has 6 rings (SSSR count). The Kier molecular flexibility index (Phi) is 2.06. The van der Waals surface area contributed by atoms with Crippen LogP contribution in [-0.4, -0.2) is 14.5 Å². The molecule has 0 bridgehead atoms. The molecule has 5 aliphatic rings. The fourth-order valence-electron chi connectivity index (χ4n) is 6.92. The van der Waals surface area contributed by atoms with Crippen LogP contribution in [0, 0.1) is 54.3 Å². The summed E-state index contributed by atoms with van der Waals surface area (Å²) >= 11 is 0. The smallest absolute Gasteiger partial charge is 0.263 e. The zero-order valence-electron chi connectivity index (χ0n) is 12.6. The highest BCUT2D eigenvalue weighted by Gasteiger charge is 2.82. The largest absolute Gasteiger partial charge is 0.297 e. The topological polar surface area (TPSA) is 43.4 Å². The molecule has 1 aromatic carbocycles. The molecule has 0 heterocycles. The molecule has 9 atom stereocenters. The van der Waals surface area contributed by atoms with Gasteiger partial charge in [-0.2, -0.15) is 8.42 Å². The molecular weight excluding hydrogens is 296 g/mol. The highest BCUT2D eigenvalue weighted by Crippen LogP contribution is 2.85. The molecule has 0 aliphatic heterocycles. The summed E-state index contributed by atoms with van der Waals surface area (Å²) in [6.45, 7) is 1.96. The summed E-state index contributed by atoms with van der Waals surface area (Å²) in [5.41, 5.74) is 1.07. The van der Waals surface area contributed by atoms with Gasteiger partial charge in [0.2, 0.25) is 0 Å². The van der Waals surface area contributed by atoms with Gasteiger partial charge in [-0.3, -0.25) is 4.18 Å². The molecule has 0 saturated heterocycles. The molecule has 5 aliphatic carbocycles. The Morgan fingerprint density at radius 1 is 0.864 bits per heavy atom. The molecule has 0 spiro atoms. The summed E-state index contributed by atoms with van der Waals surface area (Å²) in [5, 5.41) is 0. The van der Waals surface area contributed by atoms with Gasteiger partial charge in [0.05, 0.1) is 11.0 Å². The summed E-state index contributed by atoms with van der Waals surface area (Å²) in [5.74, 6) is 6.76. The van der Waals surface area contributed by atoms with E-state index in [1.54, 1.807) is 12.1 Å². The van der Waals surface area contributed by atoms with Crippen molar-refractivity contribution in [2.45, 2.75) is 30.8 Å². The van der Waals surface area contributed by atoms with Crippen molar-refractivity contribution in [3.63, 3.8) is 0 Å². The summed E-state index contributed by atoms with van der Waals surface area (Å²) in [6, 6.07) is 7.01. The minimum atomic E-state index is -3.61. The van der Waals surface area contributed by atoms with Gasteiger partial charge in [-0.1, -0.05) is 17.7 Å². The summed E-state index contributed by atoms with van der Waals surface area (Å²) in [6.07, 6.45) is 2.36. The number of hydrogen-bond acceptors (Lipinski definition) is 3. The van der Waals surface area contributed by atoms with E-state index in [1.165, 1.54) is 6.42 Å². The average molecular weight is 316 g/mol. The number of benzene rings is 1. The minimum Gasteiger partial charge on any atom is -0.263 e. The van der Waals surface area contributed by atoms with Crippen LogP contribution in [-0.2, 0) is 14.3 Å². The molecule has 116 valence electrons. The molecule has 5 saturated carbocycles. The molecule has 0 unspecified atom stereocenters. The van der Waals surface area contributed by atoms with Gasteiger partial charge in [0.1, 0.15) is 0 Å². The molecule has 0 radical (unpaired) electrons. The predicted octanol–water partition coefficient (Wildman–Crippen LogP) is 2.85. The maximum Gasteiger partial charge on any atom is 0.297 e. The lowest BCUT2D eigenvalue weighted by atomic mass is 9.43. The molecule has 0 aromatic heterocycles. The Labute approximate surface area is 131 Å². The van der Waals surface area contributed by atoms with Crippen molar-refractivity contribution in [1.82, 2.24) is 0 Å². The van der Waals surface area contributed by atoms with Crippen molar-refractivity contribution in [2.75, 3.05) is 0 Å². The summed E-state index contributed by atoms with van der Waals surface area (Å²) < 4.78 is 30.9. The van der Waals surface area contributed by atoms with Crippen molar-refractivity contribution >= 4 is 10.1 Å². The van der Waals surface area contributed by atoms with Gasteiger partial charge in [-0.15, -0.1) is 0 Å². The summed E-state index contributed by atoms with van der Waals surface area (Å²) in [4.78, 5) is 0.308. The van der Waals surface area contributed by atoms with E-state index in [0.717, 1.165) is 53.4 Å². The van der Waals surface area contributed by atoms with Gasteiger partial charge >= 0.3 is 0 Å². The number of rotatable bonds is 3. The minimum absolute atomic E-state index is 0.0471. The van der Waals surface area contributed by atoms with Crippen LogP contribution < -0.4 is 0 Å². The SMILES string of the molecule is Cc1ccc(S(=O)(=O)O[C@@H]2C[C@@H]3[C@@H]4[C@@H]5C[C@@H]5[C@H]5[C@H]4[C@@H]3[C@@H]52)cc1. The zero-order valence-corrected chi connectivity index (χ0v) is 13.4. The Morgan fingerprint density at radius 3 is 2.32 bits per heavy atom. The van der Waals surface area contributed by atoms with E-state index in [-0.39, 0.29) is 6.10 Å². The first-order valence-corrected chi connectivity index (χ1v) is 9.97. The normalized spacial score (nSPS) is 52.5. The molecule has 0 amide bonds. The molecule has 3 nitrogen and oxygen atoms in total. The molecule has 22 heavy (non-hydrogen) atoms. The maximum absolute atomic E-state index is 12.6. The fourth-order valence-corrected chi connectivity index (χ4v) is 8.03. The van der Waals surface area contributed by atoms with Gasteiger partial charge in [-0.25, -0.2) is 0 Å². The highest BCUT2D eigenvalue weighted by molar-refractivity contribution is 7.86. The van der Waals surface area contributed by atoms with Crippen LogP contribution in [0.5, 0.6) is 0 Å². The standard InChI is InChI=1S/C18H20O3S/c1-8-2-4-9(5-3-8)22(19,20)21-13-7-12-14-10-6-11(10)15-17(13)16(12)18(14)15/h2-5,10-18H,6-7H2,1H3/t10-,11+,12-,13-,14+,15-,16+,17-,18+/m1/s1. The lowest BCUT2D eigenvalue weighted by Crippen LogP contribution is -2.59. The van der Waals surface area contributed by atoms with E-state index in [2.05, 4.69) is 0 Å². The van der Waals surface area contributed by atoms with E-state index in [9.17, 15) is 8.42 Å². The van der Waals surface area contributed by atoms with Gasteiger partial charge in [-0.05, 0) is 79.2 Å². The van der Waals surface area contributed by atoms with Gasteiger partial charge < -0.3 is 0 Å². The second-order valence-corrected chi connectivity index (χ2v) is 9.82. The lowest BCUT2D eigenvalue weighted by molar-refractivity contribution is -0.157. The first-order valence-electron chi connectivity index (χ1n) is 8.56. The third-order valence-electron chi connectivity index (χ3n) is 7.58. The van der Waals surface area contributed by atoms with Crippen molar-refractivity contribution < 1.29 is 12.6 Å². The van der Waals surface area contributed by atoms with Crippen LogP contribution in [0.3, 0.4) is 0 Å². The van der Waals surface area contributed by atoms with Crippen LogP contribution >= 0.6 is 0 Å². The van der Waals surface area contributed by atoms with Crippen LogP contribution in [0.4, 0.5) is 0 Å². The third-order valence-corrected chi connectivity index (χ3v) is 8.93. The van der Waals surface area contributed by atoms with E-state index < -0.39 is 10.1 Å². The first-order chi connectivity index (χ1) is 10.6. The Bertz CT molecular complexity index is 768. The van der Waals surface area contributed by atoms with Gasteiger partial charge in [0.15, 0.2) is 0 Å². The fraction of sp³-hybridized carbons (Fsp3) is 0.667. The van der Waals surface area contributed by atoms with Crippen molar-refractivity contribution in [2.24, 2.45) is 47.3 Å². The monoisotopic (exact) mass is 316 g/mol. The Hall–Kier alpha value is -0.870. The van der Waals surface area contributed by atoms with Gasteiger partial charge in [0, 0.05) is 0 Å². The molecular formula is C18H20O3S. The summed E-state index contributed by atoms with van der Waals surface area (Å²) in [7, 11) is -3.61. The van der Waals surface area contributed by atoms with E-state index in [0.29, 0.717) is 10.8 Å². The first kappa shape index (κ1) is 12.5. The molecule has 1 aromatic rings. The zero-order chi connectivity index (χ0) is 14.8. The van der Waals surface area contributed by atoms with Crippen molar-refractivity contribution in [1.29, 1.82) is 0 Å². The average Bonchev–Trinajstić information content (AvgIpc) is 3.12. The number of fused-ring (bicyclic) bond motifs is 5. The lowest BCUT2D eigenvalue weighted by Gasteiger charge is -2.61. The Balaban J connectivity index is 1.29. The third kappa shape index (κ3) is 1.28. The Morgan fingerprint density at radius 2 is 1.55 bits per heavy atom. The quantitative estimate of drug-likeness (QED) is 0.805. The second-order valence-electron chi connectivity index (χ2n) is 8.25. The van der Waals surface area contributed by atoms with Crippen molar-refractivity contribution in [3.05, 3.63) is 29.8 Å². The second kappa shape index (κ2) is 3.62. The van der Waals surface area contributed by atoms with E-state index in [4.69, 9.17) is 4.18 Å². The maximum atomic E-state index is 12.6. The van der Waals surface area contributed by atoms with Crippen LogP contribution in [0.25, 0.3) is 0 Å². The number of hydrogen-bond donors (Lipinski definition) is 0. The van der Waals surface area contributed by atoms with E-state index in [1.807, 2.05) is 19.1 Å². The van der Waals surface area contributed by atoms with E-state index >= 15 is 0 Å². The van der Waals surface area contributed by atoms with Crippen molar-refractivity contribution in [3.8, 4) is 0 Å². The predicted molar refractivity (Wildman–Crippen MR) is 80.4 cm³/mol. The van der Waals surface area contributed by atoms with Gasteiger partial charge in [0.25, 0.3) is 10.1 Å². The number of aryl methyl sites for hydroxylation is 1.